The SMILES string of the molecule is CC(=O)O[C@@H](C)C(=O)NCc1cccc(-c2ccc([C@H]3O[C@@H](CN4CCCCCCC4)[C@@H](C)[C@@H](c4ccc(CO)cc4)O3)cc2)c1. The van der Waals surface area contributed by atoms with Gasteiger partial charge >= 0.3 is 5.97 Å². The molecule has 2 aliphatic rings. The summed E-state index contributed by atoms with van der Waals surface area (Å²) >= 11 is 0. The van der Waals surface area contributed by atoms with Crippen molar-refractivity contribution in [2.75, 3.05) is 19.6 Å². The average molecular weight is 629 g/mol. The maximum absolute atomic E-state index is 12.3. The zero-order valence-electron chi connectivity index (χ0n) is 27.3. The van der Waals surface area contributed by atoms with Gasteiger partial charge in [0.25, 0.3) is 5.91 Å². The van der Waals surface area contributed by atoms with Crippen LogP contribution in [0.4, 0.5) is 0 Å². The number of carbonyl (C=O) groups excluding carboxylic acids is 2. The number of amides is 1. The summed E-state index contributed by atoms with van der Waals surface area (Å²) in [5.74, 6) is -0.664. The highest BCUT2D eigenvalue weighted by molar-refractivity contribution is 5.82. The number of aliphatic hydroxyl groups is 1. The van der Waals surface area contributed by atoms with Crippen molar-refractivity contribution in [3.05, 3.63) is 95.1 Å². The lowest BCUT2D eigenvalue weighted by Gasteiger charge is -2.43. The highest BCUT2D eigenvalue weighted by Gasteiger charge is 2.39. The van der Waals surface area contributed by atoms with Crippen molar-refractivity contribution in [2.45, 2.75) is 90.6 Å². The van der Waals surface area contributed by atoms with Crippen LogP contribution in [0.15, 0.2) is 72.8 Å². The van der Waals surface area contributed by atoms with Gasteiger partial charge in [0.1, 0.15) is 0 Å². The largest absolute Gasteiger partial charge is 0.453 e. The number of benzene rings is 3. The topological polar surface area (TPSA) is 97.3 Å². The van der Waals surface area contributed by atoms with Crippen LogP contribution in [0.2, 0.25) is 0 Å². The monoisotopic (exact) mass is 628 g/mol. The highest BCUT2D eigenvalue weighted by Crippen LogP contribution is 2.42. The van der Waals surface area contributed by atoms with Crippen LogP contribution in [0.25, 0.3) is 11.1 Å². The lowest BCUT2D eigenvalue weighted by molar-refractivity contribution is -0.276. The summed E-state index contributed by atoms with van der Waals surface area (Å²) in [6, 6.07) is 24.4. The maximum Gasteiger partial charge on any atom is 0.303 e. The summed E-state index contributed by atoms with van der Waals surface area (Å²) in [7, 11) is 0. The molecule has 2 fully saturated rings. The maximum atomic E-state index is 12.3. The second kappa shape index (κ2) is 16.3. The molecule has 3 aromatic carbocycles. The Morgan fingerprint density at radius 3 is 2.24 bits per heavy atom. The Kier molecular flexibility index (Phi) is 12.0. The number of likely N-dealkylation sites (tertiary alicyclic amines) is 1. The van der Waals surface area contributed by atoms with E-state index >= 15 is 0 Å². The molecule has 2 N–H and O–H groups in total. The number of hydrogen-bond acceptors (Lipinski definition) is 7. The smallest absolute Gasteiger partial charge is 0.303 e. The quantitative estimate of drug-likeness (QED) is 0.249. The predicted molar refractivity (Wildman–Crippen MR) is 177 cm³/mol. The van der Waals surface area contributed by atoms with Gasteiger partial charge in [0, 0.05) is 31.5 Å². The van der Waals surface area contributed by atoms with Crippen molar-refractivity contribution < 1.29 is 28.9 Å². The molecular weight excluding hydrogens is 580 g/mol. The van der Waals surface area contributed by atoms with Gasteiger partial charge in [-0.05, 0) is 66.7 Å². The minimum atomic E-state index is -0.839. The van der Waals surface area contributed by atoms with E-state index in [-0.39, 0.29) is 30.6 Å². The van der Waals surface area contributed by atoms with Gasteiger partial charge in [-0.2, -0.15) is 0 Å². The third kappa shape index (κ3) is 9.04. The molecule has 5 rings (SSSR count). The predicted octanol–water partition coefficient (Wildman–Crippen LogP) is 6.47. The Morgan fingerprint density at radius 1 is 0.891 bits per heavy atom. The van der Waals surface area contributed by atoms with Gasteiger partial charge in [-0.25, -0.2) is 0 Å². The van der Waals surface area contributed by atoms with Gasteiger partial charge in [0.05, 0.1) is 18.8 Å². The van der Waals surface area contributed by atoms with E-state index in [4.69, 9.17) is 14.2 Å². The summed E-state index contributed by atoms with van der Waals surface area (Å²) in [6.07, 6.45) is 4.91. The zero-order valence-corrected chi connectivity index (χ0v) is 27.3. The molecule has 0 unspecified atom stereocenters. The molecule has 3 aromatic rings. The number of aliphatic hydroxyl groups excluding tert-OH is 1. The van der Waals surface area contributed by atoms with Crippen molar-refractivity contribution in [1.29, 1.82) is 0 Å². The van der Waals surface area contributed by atoms with Crippen LogP contribution in [-0.4, -0.2) is 53.7 Å². The molecule has 8 nitrogen and oxygen atoms in total. The first-order valence-electron chi connectivity index (χ1n) is 16.7. The zero-order chi connectivity index (χ0) is 32.5. The van der Waals surface area contributed by atoms with Crippen molar-refractivity contribution in [3.63, 3.8) is 0 Å². The Morgan fingerprint density at radius 2 is 1.57 bits per heavy atom. The van der Waals surface area contributed by atoms with E-state index in [9.17, 15) is 14.7 Å². The fourth-order valence-corrected chi connectivity index (χ4v) is 6.41. The molecule has 2 saturated heterocycles. The molecule has 1 amide bonds. The van der Waals surface area contributed by atoms with Gasteiger partial charge in [0.15, 0.2) is 12.4 Å². The molecule has 246 valence electrons. The number of nitrogens with one attached hydrogen (secondary N) is 1. The van der Waals surface area contributed by atoms with Gasteiger partial charge in [-0.1, -0.05) is 92.9 Å². The first-order chi connectivity index (χ1) is 22.3. The molecule has 0 saturated carbocycles. The first-order valence-corrected chi connectivity index (χ1v) is 16.7. The number of carbonyl (C=O) groups is 2. The Hall–Kier alpha value is -3.56. The van der Waals surface area contributed by atoms with Crippen LogP contribution < -0.4 is 5.32 Å². The summed E-state index contributed by atoms with van der Waals surface area (Å²) in [4.78, 5) is 26.0. The lowest BCUT2D eigenvalue weighted by atomic mass is 9.89. The Labute approximate surface area is 273 Å². The average Bonchev–Trinajstić information content (AvgIpc) is 3.05. The van der Waals surface area contributed by atoms with Crippen molar-refractivity contribution >= 4 is 11.9 Å². The molecule has 2 aliphatic heterocycles. The standard InChI is InChI=1S/C38H48N2O6/c1-26-35(24-40-20-7-5-4-6-8-21-40)45-38(46-36(26)32-14-12-29(25-41)13-15-32)33-18-16-31(17-19-33)34-11-9-10-30(22-34)23-39-37(43)27(2)44-28(3)42/h9-19,22,26-27,35-36,38,41H,4-8,20-21,23-25H2,1-3H3,(H,39,43)/t26-,27+,35+,36+,38+/m1/s1. The van der Waals surface area contributed by atoms with Gasteiger partial charge in [0.2, 0.25) is 0 Å². The van der Waals surface area contributed by atoms with Crippen molar-refractivity contribution in [3.8, 4) is 11.1 Å². The van der Waals surface area contributed by atoms with Gasteiger partial charge < -0.3 is 29.5 Å². The Bertz CT molecular complexity index is 1420. The molecule has 0 bridgehead atoms. The van der Waals surface area contributed by atoms with Crippen LogP contribution in [-0.2, 0) is 37.0 Å². The van der Waals surface area contributed by atoms with E-state index in [1.807, 2.05) is 36.4 Å². The summed E-state index contributed by atoms with van der Waals surface area (Å²) in [6.45, 7) is 8.52. The molecular formula is C38H48N2O6. The van der Waals surface area contributed by atoms with Crippen LogP contribution in [0, 0.1) is 5.92 Å². The van der Waals surface area contributed by atoms with Crippen molar-refractivity contribution in [2.24, 2.45) is 5.92 Å². The molecule has 8 heteroatoms. The van der Waals surface area contributed by atoms with Crippen LogP contribution in [0.1, 0.15) is 87.5 Å². The molecule has 0 aromatic heterocycles. The van der Waals surface area contributed by atoms with Crippen LogP contribution in [0.3, 0.4) is 0 Å². The minimum absolute atomic E-state index is 0.0100. The fourth-order valence-electron chi connectivity index (χ4n) is 6.41. The highest BCUT2D eigenvalue weighted by atomic mass is 16.7. The molecule has 0 spiro atoms. The van der Waals surface area contributed by atoms with E-state index in [0.717, 1.165) is 53.0 Å². The van der Waals surface area contributed by atoms with Gasteiger partial charge in [-0.3, -0.25) is 9.59 Å². The summed E-state index contributed by atoms with van der Waals surface area (Å²) in [5.41, 5.74) is 5.97. The number of rotatable bonds is 10. The first kappa shape index (κ1) is 33.8. The fraction of sp³-hybridized carbons (Fsp3) is 0.474. The summed E-state index contributed by atoms with van der Waals surface area (Å²) in [5, 5.41) is 12.4. The van der Waals surface area contributed by atoms with E-state index in [1.54, 1.807) is 6.92 Å². The number of hydrogen-bond donors (Lipinski definition) is 2. The number of ether oxygens (including phenoxy) is 3. The molecule has 5 atom stereocenters. The van der Waals surface area contributed by atoms with E-state index in [1.165, 1.54) is 39.0 Å². The minimum Gasteiger partial charge on any atom is -0.453 e. The van der Waals surface area contributed by atoms with Crippen molar-refractivity contribution in [1.82, 2.24) is 10.2 Å². The normalized spacial score (nSPS) is 23.1. The second-order valence-corrected chi connectivity index (χ2v) is 12.7. The third-order valence-electron chi connectivity index (χ3n) is 9.13. The number of esters is 1. The lowest BCUT2D eigenvalue weighted by Crippen LogP contribution is -2.45. The van der Waals surface area contributed by atoms with E-state index in [2.05, 4.69) is 53.5 Å². The summed E-state index contributed by atoms with van der Waals surface area (Å²) < 4.78 is 18.4. The molecule has 0 radical (unpaired) electrons. The molecule has 0 aliphatic carbocycles. The van der Waals surface area contributed by atoms with E-state index < -0.39 is 18.4 Å². The molecule has 46 heavy (non-hydrogen) atoms. The molecule has 2 heterocycles. The third-order valence-corrected chi connectivity index (χ3v) is 9.13. The van der Waals surface area contributed by atoms with Crippen LogP contribution in [0.5, 0.6) is 0 Å². The Balaban J connectivity index is 1.31. The second-order valence-electron chi connectivity index (χ2n) is 12.7. The number of nitrogens with zero attached hydrogens (tertiary/aromatic N) is 1. The van der Waals surface area contributed by atoms with Gasteiger partial charge in [-0.15, -0.1) is 0 Å². The van der Waals surface area contributed by atoms with Crippen LogP contribution >= 0.6 is 0 Å². The van der Waals surface area contributed by atoms with E-state index in [0.29, 0.717) is 6.54 Å².